The van der Waals surface area contributed by atoms with E-state index in [1.807, 2.05) is 24.3 Å². The van der Waals surface area contributed by atoms with Crippen LogP contribution in [-0.2, 0) is 4.79 Å². The van der Waals surface area contributed by atoms with Gasteiger partial charge in [0.15, 0.2) is 11.5 Å². The van der Waals surface area contributed by atoms with E-state index in [4.69, 9.17) is 0 Å². The lowest BCUT2D eigenvalue weighted by Gasteiger charge is -2.33. The monoisotopic (exact) mass is 408 g/mol. The Morgan fingerprint density at radius 2 is 1.90 bits per heavy atom. The zero-order valence-electron chi connectivity index (χ0n) is 17.3. The van der Waals surface area contributed by atoms with E-state index in [0.29, 0.717) is 29.1 Å². The molecule has 0 bridgehead atoms. The van der Waals surface area contributed by atoms with Gasteiger partial charge in [0, 0.05) is 38.2 Å². The average Bonchev–Trinajstić information content (AvgIpc) is 3.16. The third-order valence-corrected chi connectivity index (χ3v) is 5.65. The van der Waals surface area contributed by atoms with Crippen molar-refractivity contribution in [2.75, 3.05) is 44.6 Å². The van der Waals surface area contributed by atoms with Crippen LogP contribution in [0.2, 0.25) is 0 Å². The SMILES string of the molecule is CCN1CCN(CCCC(=O)Nc2n[nH]c3nc(-c4ccccc4O)ccc23)CC1. The maximum atomic E-state index is 12.4. The van der Waals surface area contributed by atoms with Crippen LogP contribution < -0.4 is 5.32 Å². The van der Waals surface area contributed by atoms with Crippen molar-refractivity contribution in [2.45, 2.75) is 19.8 Å². The fourth-order valence-corrected chi connectivity index (χ4v) is 3.83. The van der Waals surface area contributed by atoms with Gasteiger partial charge in [0.2, 0.25) is 5.91 Å². The van der Waals surface area contributed by atoms with Gasteiger partial charge >= 0.3 is 0 Å². The maximum absolute atomic E-state index is 12.4. The minimum atomic E-state index is -0.0413. The van der Waals surface area contributed by atoms with Crippen molar-refractivity contribution in [1.82, 2.24) is 25.0 Å². The van der Waals surface area contributed by atoms with E-state index in [9.17, 15) is 9.90 Å². The van der Waals surface area contributed by atoms with E-state index in [1.165, 1.54) is 0 Å². The summed E-state index contributed by atoms with van der Waals surface area (Å²) in [7, 11) is 0. The number of piperazine rings is 1. The van der Waals surface area contributed by atoms with Crippen molar-refractivity contribution in [3.63, 3.8) is 0 Å². The number of anilines is 1. The summed E-state index contributed by atoms with van der Waals surface area (Å²) in [6.07, 6.45) is 1.29. The molecule has 3 aromatic rings. The van der Waals surface area contributed by atoms with Gasteiger partial charge in [-0.3, -0.25) is 9.89 Å². The number of hydrogen-bond donors (Lipinski definition) is 3. The first kappa shape index (κ1) is 20.3. The fourth-order valence-electron chi connectivity index (χ4n) is 3.83. The van der Waals surface area contributed by atoms with Gasteiger partial charge in [0.25, 0.3) is 0 Å². The molecule has 1 aliphatic rings. The van der Waals surface area contributed by atoms with Gasteiger partial charge in [-0.25, -0.2) is 4.98 Å². The number of likely N-dealkylation sites (N-methyl/N-ethyl adjacent to an activating group) is 1. The van der Waals surface area contributed by atoms with Crippen molar-refractivity contribution in [3.8, 4) is 17.0 Å². The van der Waals surface area contributed by atoms with Crippen molar-refractivity contribution in [1.29, 1.82) is 0 Å². The second-order valence-corrected chi connectivity index (χ2v) is 7.61. The van der Waals surface area contributed by atoms with Crippen LogP contribution in [0.4, 0.5) is 5.82 Å². The Hall–Kier alpha value is -2.97. The van der Waals surface area contributed by atoms with Gasteiger partial charge in [-0.1, -0.05) is 19.1 Å². The summed E-state index contributed by atoms with van der Waals surface area (Å²) in [6, 6.07) is 10.7. The molecular weight excluding hydrogens is 380 g/mol. The molecule has 30 heavy (non-hydrogen) atoms. The van der Waals surface area contributed by atoms with Crippen molar-refractivity contribution < 1.29 is 9.90 Å². The van der Waals surface area contributed by atoms with Crippen LogP contribution in [0.25, 0.3) is 22.3 Å². The molecule has 8 nitrogen and oxygen atoms in total. The Morgan fingerprint density at radius 1 is 1.13 bits per heavy atom. The molecule has 4 rings (SSSR count). The predicted molar refractivity (Wildman–Crippen MR) is 117 cm³/mol. The van der Waals surface area contributed by atoms with E-state index in [2.05, 4.69) is 37.2 Å². The second-order valence-electron chi connectivity index (χ2n) is 7.61. The summed E-state index contributed by atoms with van der Waals surface area (Å²) in [5, 5.41) is 20.8. The van der Waals surface area contributed by atoms with Gasteiger partial charge < -0.3 is 20.2 Å². The van der Waals surface area contributed by atoms with Gasteiger partial charge in [0.05, 0.1) is 11.1 Å². The molecule has 1 amide bonds. The molecule has 0 atom stereocenters. The van der Waals surface area contributed by atoms with E-state index >= 15 is 0 Å². The topological polar surface area (TPSA) is 97.4 Å². The number of benzene rings is 1. The highest BCUT2D eigenvalue weighted by Gasteiger charge is 2.16. The van der Waals surface area contributed by atoms with E-state index in [0.717, 1.165) is 51.1 Å². The van der Waals surface area contributed by atoms with Gasteiger partial charge in [-0.15, -0.1) is 0 Å². The first-order chi connectivity index (χ1) is 14.6. The quantitative estimate of drug-likeness (QED) is 0.556. The van der Waals surface area contributed by atoms with E-state index < -0.39 is 0 Å². The number of phenolic OH excluding ortho intramolecular Hbond substituents is 1. The summed E-state index contributed by atoms with van der Waals surface area (Å²) in [5.74, 6) is 0.622. The van der Waals surface area contributed by atoms with Crippen LogP contribution in [0.15, 0.2) is 36.4 Å². The third kappa shape index (κ3) is 4.60. The smallest absolute Gasteiger partial charge is 0.225 e. The molecule has 0 spiro atoms. The Kier molecular flexibility index (Phi) is 6.25. The molecule has 1 aromatic carbocycles. The molecule has 0 unspecified atom stereocenters. The lowest BCUT2D eigenvalue weighted by atomic mass is 10.1. The largest absolute Gasteiger partial charge is 0.507 e. The molecule has 1 aliphatic heterocycles. The van der Waals surface area contributed by atoms with Crippen LogP contribution in [-0.4, -0.2) is 75.3 Å². The number of aromatic nitrogens is 3. The highest BCUT2D eigenvalue weighted by Crippen LogP contribution is 2.29. The predicted octanol–water partition coefficient (Wildman–Crippen LogP) is 2.69. The van der Waals surface area contributed by atoms with Crippen LogP contribution in [0, 0.1) is 0 Å². The molecule has 1 saturated heterocycles. The van der Waals surface area contributed by atoms with Crippen LogP contribution in [0.3, 0.4) is 0 Å². The number of nitrogens with zero attached hydrogens (tertiary/aromatic N) is 4. The number of H-pyrrole nitrogens is 1. The number of amides is 1. The molecule has 0 saturated carbocycles. The minimum Gasteiger partial charge on any atom is -0.507 e. The van der Waals surface area contributed by atoms with Gasteiger partial charge in [0.1, 0.15) is 5.75 Å². The number of fused-ring (bicyclic) bond motifs is 1. The Labute approximate surface area is 175 Å². The number of nitrogens with one attached hydrogen (secondary N) is 2. The fraction of sp³-hybridized carbons (Fsp3) is 0.409. The number of para-hydroxylation sites is 1. The van der Waals surface area contributed by atoms with Crippen molar-refractivity contribution >= 4 is 22.8 Å². The second kappa shape index (κ2) is 9.23. The molecule has 8 heteroatoms. The lowest BCUT2D eigenvalue weighted by molar-refractivity contribution is -0.116. The number of carbonyl (C=O) groups is 1. The van der Waals surface area contributed by atoms with Crippen LogP contribution >= 0.6 is 0 Å². The number of pyridine rings is 1. The Bertz CT molecular complexity index is 1010. The maximum Gasteiger partial charge on any atom is 0.225 e. The number of aromatic hydroxyl groups is 1. The zero-order chi connectivity index (χ0) is 20.9. The first-order valence-corrected chi connectivity index (χ1v) is 10.5. The van der Waals surface area contributed by atoms with Crippen LogP contribution in [0.1, 0.15) is 19.8 Å². The molecule has 2 aromatic heterocycles. The molecular formula is C22H28N6O2. The van der Waals surface area contributed by atoms with Crippen LogP contribution in [0.5, 0.6) is 5.75 Å². The van der Waals surface area contributed by atoms with Crippen molar-refractivity contribution in [2.24, 2.45) is 0 Å². The zero-order valence-corrected chi connectivity index (χ0v) is 17.3. The summed E-state index contributed by atoms with van der Waals surface area (Å²) >= 11 is 0. The number of rotatable bonds is 7. The average molecular weight is 409 g/mol. The number of carbonyl (C=O) groups excluding carboxylic acids is 1. The lowest BCUT2D eigenvalue weighted by Crippen LogP contribution is -2.46. The molecule has 3 heterocycles. The number of phenols is 1. The highest BCUT2D eigenvalue weighted by atomic mass is 16.3. The summed E-state index contributed by atoms with van der Waals surface area (Å²) in [4.78, 5) is 21.8. The standard InChI is InChI=1S/C22H28N6O2/c1-2-27-12-14-28(15-13-27)11-5-8-20(30)24-22-17-9-10-18(23-21(17)25-26-22)16-6-3-4-7-19(16)29/h3-4,6-7,9-10,29H,2,5,8,11-15H2,1H3,(H2,23,24,25,26,30). The first-order valence-electron chi connectivity index (χ1n) is 10.5. The normalized spacial score (nSPS) is 15.5. The Balaban J connectivity index is 1.33. The Morgan fingerprint density at radius 3 is 2.67 bits per heavy atom. The molecule has 3 N–H and O–H groups in total. The third-order valence-electron chi connectivity index (χ3n) is 5.65. The molecule has 1 fully saturated rings. The van der Waals surface area contributed by atoms with E-state index in [1.54, 1.807) is 12.1 Å². The van der Waals surface area contributed by atoms with E-state index in [-0.39, 0.29) is 11.7 Å². The number of aromatic amines is 1. The van der Waals surface area contributed by atoms with Gasteiger partial charge in [-0.2, -0.15) is 5.10 Å². The molecule has 0 radical (unpaired) electrons. The molecule has 0 aliphatic carbocycles. The summed E-state index contributed by atoms with van der Waals surface area (Å²) in [6.45, 7) is 8.61. The minimum absolute atomic E-state index is 0.0413. The summed E-state index contributed by atoms with van der Waals surface area (Å²) < 4.78 is 0. The number of hydrogen-bond acceptors (Lipinski definition) is 6. The van der Waals surface area contributed by atoms with Crippen molar-refractivity contribution in [3.05, 3.63) is 36.4 Å². The summed E-state index contributed by atoms with van der Waals surface area (Å²) in [5.41, 5.74) is 1.87. The van der Waals surface area contributed by atoms with Gasteiger partial charge in [-0.05, 0) is 43.8 Å². The highest BCUT2D eigenvalue weighted by molar-refractivity contribution is 5.99. The molecule has 158 valence electrons.